The molecular formula is C15H16N4O. The van der Waals surface area contributed by atoms with Gasteiger partial charge in [0.25, 0.3) is 0 Å². The molecule has 0 unspecified atom stereocenters. The lowest BCUT2D eigenvalue weighted by molar-refractivity contribution is 0.289. The van der Waals surface area contributed by atoms with Crippen LogP contribution in [-0.2, 0) is 6.42 Å². The predicted octanol–water partition coefficient (Wildman–Crippen LogP) is 2.13. The summed E-state index contributed by atoms with van der Waals surface area (Å²) in [6.45, 7) is 0.177. The van der Waals surface area contributed by atoms with Crippen LogP contribution in [0.25, 0.3) is 22.2 Å². The second-order valence-electron chi connectivity index (χ2n) is 4.74. The molecule has 2 heterocycles. The minimum Gasteiger partial charge on any atom is -0.396 e. The summed E-state index contributed by atoms with van der Waals surface area (Å²) >= 11 is 0. The van der Waals surface area contributed by atoms with Gasteiger partial charge in [0.2, 0.25) is 0 Å². The molecule has 3 aromatic rings. The molecule has 0 radical (unpaired) electrons. The van der Waals surface area contributed by atoms with E-state index in [9.17, 15) is 0 Å². The number of aliphatic hydroxyl groups excluding tert-OH is 1. The van der Waals surface area contributed by atoms with Crippen LogP contribution in [0, 0.1) is 0 Å². The molecule has 0 fully saturated rings. The van der Waals surface area contributed by atoms with E-state index in [0.29, 0.717) is 5.82 Å². The van der Waals surface area contributed by atoms with Gasteiger partial charge < -0.3 is 10.8 Å². The number of nitrogens with zero attached hydrogens (tertiary/aromatic N) is 2. The molecule has 5 heteroatoms. The number of anilines is 1. The number of aryl methyl sites for hydroxylation is 1. The smallest absolute Gasteiger partial charge is 0.124 e. The number of fused-ring (bicyclic) bond motifs is 1. The van der Waals surface area contributed by atoms with Crippen LogP contribution in [0.1, 0.15) is 12.0 Å². The van der Waals surface area contributed by atoms with Gasteiger partial charge in [-0.25, -0.2) is 4.98 Å². The van der Waals surface area contributed by atoms with E-state index in [1.165, 1.54) is 0 Å². The topological polar surface area (TPSA) is 87.8 Å². The second-order valence-corrected chi connectivity index (χ2v) is 4.74. The van der Waals surface area contributed by atoms with E-state index >= 15 is 0 Å². The molecule has 0 aliphatic rings. The molecule has 1 aromatic carbocycles. The van der Waals surface area contributed by atoms with Crippen molar-refractivity contribution in [3.05, 3.63) is 42.1 Å². The number of nitrogens with two attached hydrogens (primary N) is 1. The van der Waals surface area contributed by atoms with E-state index in [1.54, 1.807) is 6.20 Å². The average molecular weight is 268 g/mol. The molecule has 0 bridgehead atoms. The lowest BCUT2D eigenvalue weighted by Crippen LogP contribution is -1.97. The van der Waals surface area contributed by atoms with Crippen molar-refractivity contribution in [1.82, 2.24) is 15.2 Å². The Labute approximate surface area is 116 Å². The molecule has 0 aliphatic heterocycles. The number of aliphatic hydroxyl groups is 1. The monoisotopic (exact) mass is 268 g/mol. The number of aromatic amines is 1. The quantitative estimate of drug-likeness (QED) is 0.676. The van der Waals surface area contributed by atoms with Crippen LogP contribution in [0.3, 0.4) is 0 Å². The third-order valence-corrected chi connectivity index (χ3v) is 3.33. The number of hydrogen-bond donors (Lipinski definition) is 3. The van der Waals surface area contributed by atoms with Crippen LogP contribution in [0.4, 0.5) is 5.82 Å². The number of hydrogen-bond acceptors (Lipinski definition) is 4. The summed E-state index contributed by atoms with van der Waals surface area (Å²) in [6, 6.07) is 9.89. The van der Waals surface area contributed by atoms with Gasteiger partial charge in [-0.05, 0) is 36.6 Å². The Morgan fingerprint density at radius 2 is 2.10 bits per heavy atom. The zero-order valence-corrected chi connectivity index (χ0v) is 11.0. The highest BCUT2D eigenvalue weighted by Gasteiger charge is 2.07. The maximum atomic E-state index is 8.98. The fourth-order valence-corrected chi connectivity index (χ4v) is 2.38. The van der Waals surface area contributed by atoms with Crippen LogP contribution < -0.4 is 5.73 Å². The second kappa shape index (κ2) is 5.30. The first-order valence-corrected chi connectivity index (χ1v) is 6.57. The SMILES string of the molecule is Nc1cc(CCCO)c2ccc(-c3ccn[nH]3)cc2n1. The number of nitrogen functional groups attached to an aromatic ring is 1. The summed E-state index contributed by atoms with van der Waals surface area (Å²) in [7, 11) is 0. The fourth-order valence-electron chi connectivity index (χ4n) is 2.38. The van der Waals surface area contributed by atoms with Gasteiger partial charge >= 0.3 is 0 Å². The molecule has 20 heavy (non-hydrogen) atoms. The normalized spacial score (nSPS) is 11.1. The Balaban J connectivity index is 2.10. The van der Waals surface area contributed by atoms with Crippen LogP contribution in [0.15, 0.2) is 36.5 Å². The van der Waals surface area contributed by atoms with Gasteiger partial charge in [-0.1, -0.05) is 12.1 Å². The number of rotatable bonds is 4. The molecule has 0 saturated carbocycles. The molecule has 3 rings (SSSR count). The van der Waals surface area contributed by atoms with E-state index in [-0.39, 0.29) is 6.61 Å². The van der Waals surface area contributed by atoms with Gasteiger partial charge in [-0.15, -0.1) is 0 Å². The van der Waals surface area contributed by atoms with Crippen molar-refractivity contribution in [1.29, 1.82) is 0 Å². The third-order valence-electron chi connectivity index (χ3n) is 3.33. The summed E-state index contributed by atoms with van der Waals surface area (Å²) < 4.78 is 0. The molecular weight excluding hydrogens is 252 g/mol. The van der Waals surface area contributed by atoms with Crippen molar-refractivity contribution in [3.63, 3.8) is 0 Å². The minimum atomic E-state index is 0.177. The van der Waals surface area contributed by atoms with Gasteiger partial charge in [-0.3, -0.25) is 5.10 Å². The maximum absolute atomic E-state index is 8.98. The summed E-state index contributed by atoms with van der Waals surface area (Å²) in [5.41, 5.74) is 9.84. The van der Waals surface area contributed by atoms with E-state index in [2.05, 4.69) is 15.2 Å². The number of aromatic nitrogens is 3. The first kappa shape index (κ1) is 12.6. The van der Waals surface area contributed by atoms with Crippen LogP contribution in [-0.4, -0.2) is 26.9 Å². The van der Waals surface area contributed by atoms with E-state index in [0.717, 1.165) is 40.6 Å². The summed E-state index contributed by atoms with van der Waals surface area (Å²) in [4.78, 5) is 4.40. The number of H-pyrrole nitrogens is 1. The number of nitrogens with one attached hydrogen (secondary N) is 1. The van der Waals surface area contributed by atoms with Gasteiger partial charge in [0.1, 0.15) is 5.82 Å². The van der Waals surface area contributed by atoms with Crippen molar-refractivity contribution in [2.24, 2.45) is 0 Å². The molecule has 5 nitrogen and oxygen atoms in total. The van der Waals surface area contributed by atoms with Crippen molar-refractivity contribution in [3.8, 4) is 11.3 Å². The Kier molecular flexibility index (Phi) is 3.35. The standard InChI is InChI=1S/C15H16N4O/c16-15-9-10(2-1-7-20)12-4-3-11(8-14(12)18-15)13-5-6-17-19-13/h3-6,8-9,20H,1-2,7H2,(H2,16,18)(H,17,19). The molecule has 102 valence electrons. The van der Waals surface area contributed by atoms with Crippen LogP contribution >= 0.6 is 0 Å². The Morgan fingerprint density at radius 3 is 2.85 bits per heavy atom. The zero-order chi connectivity index (χ0) is 13.9. The van der Waals surface area contributed by atoms with Gasteiger partial charge in [0, 0.05) is 23.8 Å². The first-order valence-electron chi connectivity index (χ1n) is 6.57. The fraction of sp³-hybridized carbons (Fsp3) is 0.200. The van der Waals surface area contributed by atoms with Crippen molar-refractivity contribution < 1.29 is 5.11 Å². The molecule has 0 aliphatic carbocycles. The highest BCUT2D eigenvalue weighted by Crippen LogP contribution is 2.26. The van der Waals surface area contributed by atoms with E-state index in [1.807, 2.05) is 30.3 Å². The van der Waals surface area contributed by atoms with E-state index < -0.39 is 0 Å². The molecule has 0 spiro atoms. The number of pyridine rings is 1. The first-order chi connectivity index (χ1) is 9.78. The van der Waals surface area contributed by atoms with E-state index in [4.69, 9.17) is 10.8 Å². The van der Waals surface area contributed by atoms with Crippen molar-refractivity contribution >= 4 is 16.7 Å². The van der Waals surface area contributed by atoms with Gasteiger partial charge in [-0.2, -0.15) is 5.10 Å². The molecule has 0 atom stereocenters. The van der Waals surface area contributed by atoms with Crippen LogP contribution in [0.5, 0.6) is 0 Å². The number of benzene rings is 1. The predicted molar refractivity (Wildman–Crippen MR) is 79.1 cm³/mol. The molecule has 0 amide bonds. The highest BCUT2D eigenvalue weighted by atomic mass is 16.2. The van der Waals surface area contributed by atoms with Crippen molar-refractivity contribution in [2.45, 2.75) is 12.8 Å². The zero-order valence-electron chi connectivity index (χ0n) is 11.0. The summed E-state index contributed by atoms with van der Waals surface area (Å²) in [5.74, 6) is 0.507. The molecule has 0 saturated heterocycles. The maximum Gasteiger partial charge on any atom is 0.124 e. The Hall–Kier alpha value is -2.40. The van der Waals surface area contributed by atoms with Crippen LogP contribution in [0.2, 0.25) is 0 Å². The highest BCUT2D eigenvalue weighted by molar-refractivity contribution is 5.87. The molecule has 4 N–H and O–H groups in total. The summed E-state index contributed by atoms with van der Waals surface area (Å²) in [6.07, 6.45) is 3.24. The summed E-state index contributed by atoms with van der Waals surface area (Å²) in [5, 5.41) is 17.0. The Morgan fingerprint density at radius 1 is 1.20 bits per heavy atom. The Bertz CT molecular complexity index is 722. The lowest BCUT2D eigenvalue weighted by atomic mass is 10.0. The third kappa shape index (κ3) is 2.35. The van der Waals surface area contributed by atoms with Crippen molar-refractivity contribution in [2.75, 3.05) is 12.3 Å². The van der Waals surface area contributed by atoms with Gasteiger partial charge in [0.15, 0.2) is 0 Å². The average Bonchev–Trinajstić information content (AvgIpc) is 2.98. The minimum absolute atomic E-state index is 0.177. The lowest BCUT2D eigenvalue weighted by Gasteiger charge is -2.08. The largest absolute Gasteiger partial charge is 0.396 e. The van der Waals surface area contributed by atoms with Gasteiger partial charge in [0.05, 0.1) is 11.2 Å². The molecule has 2 aromatic heterocycles.